The molecule has 2 aliphatic carbocycles. The second-order valence-electron chi connectivity index (χ2n) is 7.20. The maximum Gasteiger partial charge on any atom is 0.465 e. The van der Waals surface area contributed by atoms with E-state index in [4.69, 9.17) is 9.29 Å². The number of thioether (sulfide) groups is 2. The van der Waals surface area contributed by atoms with E-state index in [0.29, 0.717) is 24.3 Å². The van der Waals surface area contributed by atoms with E-state index in [9.17, 15) is 32.2 Å². The van der Waals surface area contributed by atoms with E-state index in [1.165, 1.54) is 23.5 Å². The Kier molecular flexibility index (Phi) is 5.33. The van der Waals surface area contributed by atoms with Crippen LogP contribution in [0.15, 0.2) is 0 Å². The Bertz CT molecular complexity index is 670. The number of halogens is 2. The summed E-state index contributed by atoms with van der Waals surface area (Å²) in [5, 5.41) is 14.1. The number of rotatable bonds is 5. The molecule has 3 unspecified atom stereocenters. The lowest BCUT2D eigenvalue weighted by atomic mass is 9.95. The van der Waals surface area contributed by atoms with Crippen LogP contribution >= 0.6 is 23.5 Å². The van der Waals surface area contributed by atoms with Gasteiger partial charge in [0.25, 0.3) is 0 Å². The highest BCUT2D eigenvalue weighted by molar-refractivity contribution is 8.19. The molecule has 0 aromatic carbocycles. The van der Waals surface area contributed by atoms with Crippen LogP contribution in [0.2, 0.25) is 0 Å². The van der Waals surface area contributed by atoms with Crippen LogP contribution in [-0.4, -0.2) is 69.3 Å². The summed E-state index contributed by atoms with van der Waals surface area (Å²) in [6.07, 6.45) is 1.31. The Morgan fingerprint density at radius 1 is 1.19 bits per heavy atom. The molecule has 3 N–H and O–H groups in total. The molecule has 0 aromatic heterocycles. The predicted molar refractivity (Wildman–Crippen MR) is 91.5 cm³/mol. The zero-order valence-corrected chi connectivity index (χ0v) is 16.1. The minimum absolute atomic E-state index is 0.107. The molecule has 0 aromatic rings. The largest absolute Gasteiger partial charge is 0.465 e. The number of hydrogen-bond acceptors (Lipinski definition) is 8. The standard InChI is InChI=1S/C14H20F2O7S3/c15-14(16,26(20,21)22)11(19)23-10-8-1-2-9(3-8)13(10)24-6-12(4-17,5-18)7-25-13/h8-10,17-18H,1-7H2,(H,20,21,22). The quantitative estimate of drug-likeness (QED) is 0.429. The van der Waals surface area contributed by atoms with Crippen LogP contribution in [0.25, 0.3) is 0 Å². The average Bonchev–Trinajstić information content (AvgIpc) is 3.17. The summed E-state index contributed by atoms with van der Waals surface area (Å²) in [4.78, 5) is 11.8. The molecule has 7 nitrogen and oxygen atoms in total. The van der Waals surface area contributed by atoms with E-state index >= 15 is 0 Å². The van der Waals surface area contributed by atoms with Gasteiger partial charge in [-0.25, -0.2) is 4.79 Å². The fraction of sp³-hybridized carbons (Fsp3) is 0.929. The van der Waals surface area contributed by atoms with Gasteiger partial charge in [0.15, 0.2) is 0 Å². The van der Waals surface area contributed by atoms with Gasteiger partial charge in [-0.1, -0.05) is 0 Å². The summed E-state index contributed by atoms with van der Waals surface area (Å²) in [6, 6.07) is 0. The van der Waals surface area contributed by atoms with Crippen LogP contribution in [0.1, 0.15) is 19.3 Å². The molecule has 0 radical (unpaired) electrons. The topological polar surface area (TPSA) is 121 Å². The van der Waals surface area contributed by atoms with Gasteiger partial charge in [0, 0.05) is 16.9 Å². The lowest BCUT2D eigenvalue weighted by Crippen LogP contribution is -2.53. The van der Waals surface area contributed by atoms with E-state index in [0.717, 1.165) is 6.42 Å². The zero-order chi connectivity index (χ0) is 19.4. The number of ether oxygens (including phenoxy) is 1. The number of fused-ring (bicyclic) bond motifs is 3. The number of carbonyl (C=O) groups is 1. The van der Waals surface area contributed by atoms with Crippen molar-refractivity contribution < 1.29 is 41.5 Å². The van der Waals surface area contributed by atoms with E-state index in [-0.39, 0.29) is 25.0 Å². The van der Waals surface area contributed by atoms with Crippen LogP contribution in [0.3, 0.4) is 0 Å². The second-order valence-corrected chi connectivity index (χ2v) is 11.4. The molecule has 2 saturated carbocycles. The van der Waals surface area contributed by atoms with Crippen LogP contribution in [0.4, 0.5) is 8.78 Å². The summed E-state index contributed by atoms with van der Waals surface area (Å²) in [5.41, 5.74) is -0.699. The third kappa shape index (κ3) is 3.06. The highest BCUT2D eigenvalue weighted by Gasteiger charge is 2.65. The molecular weight excluding hydrogens is 414 g/mol. The predicted octanol–water partition coefficient (Wildman–Crippen LogP) is 0.956. The zero-order valence-electron chi connectivity index (χ0n) is 13.6. The van der Waals surface area contributed by atoms with E-state index in [2.05, 4.69) is 0 Å². The molecule has 2 bridgehead atoms. The van der Waals surface area contributed by atoms with Crippen molar-refractivity contribution in [3.8, 4) is 0 Å². The minimum Gasteiger partial charge on any atom is -0.454 e. The molecule has 1 saturated heterocycles. The summed E-state index contributed by atoms with van der Waals surface area (Å²) < 4.78 is 61.7. The van der Waals surface area contributed by atoms with Crippen molar-refractivity contribution in [1.29, 1.82) is 0 Å². The maximum absolute atomic E-state index is 13.6. The molecule has 150 valence electrons. The number of aliphatic hydroxyl groups excluding tert-OH is 2. The average molecular weight is 435 g/mol. The molecule has 3 aliphatic rings. The highest BCUT2D eigenvalue weighted by Crippen LogP contribution is 2.66. The molecule has 3 atom stereocenters. The summed E-state index contributed by atoms with van der Waals surface area (Å²) in [7, 11) is -5.91. The first-order valence-corrected chi connectivity index (χ1v) is 11.5. The van der Waals surface area contributed by atoms with Crippen LogP contribution in [0.5, 0.6) is 0 Å². The molecule has 0 amide bonds. The van der Waals surface area contributed by atoms with E-state index in [1.807, 2.05) is 0 Å². The number of carbonyl (C=O) groups excluding carboxylic acids is 1. The maximum atomic E-state index is 13.6. The van der Waals surface area contributed by atoms with Gasteiger partial charge in [-0.3, -0.25) is 4.55 Å². The normalized spacial score (nSPS) is 32.7. The van der Waals surface area contributed by atoms with Gasteiger partial charge < -0.3 is 14.9 Å². The summed E-state index contributed by atoms with van der Waals surface area (Å²) in [6.45, 7) is -0.447. The number of esters is 1. The third-order valence-electron chi connectivity index (χ3n) is 5.54. The molecule has 26 heavy (non-hydrogen) atoms. The fourth-order valence-electron chi connectivity index (χ4n) is 3.93. The van der Waals surface area contributed by atoms with Crippen molar-refractivity contribution in [2.45, 2.75) is 34.7 Å². The Morgan fingerprint density at radius 3 is 2.27 bits per heavy atom. The first kappa shape index (κ1) is 20.6. The van der Waals surface area contributed by atoms with Crippen molar-refractivity contribution in [2.24, 2.45) is 17.3 Å². The van der Waals surface area contributed by atoms with Gasteiger partial charge in [-0.2, -0.15) is 17.2 Å². The number of aliphatic hydroxyl groups is 2. The summed E-state index contributed by atoms with van der Waals surface area (Å²) in [5.74, 6) is -1.57. The number of hydrogen-bond donors (Lipinski definition) is 3. The van der Waals surface area contributed by atoms with Gasteiger partial charge in [-0.05, 0) is 31.1 Å². The molecular formula is C14H20F2O7S3. The van der Waals surface area contributed by atoms with Crippen molar-refractivity contribution >= 4 is 39.6 Å². The van der Waals surface area contributed by atoms with Gasteiger partial charge in [0.05, 0.1) is 13.2 Å². The lowest BCUT2D eigenvalue weighted by molar-refractivity contribution is -0.169. The Hall–Kier alpha value is -0.140. The van der Waals surface area contributed by atoms with Crippen molar-refractivity contribution in [1.82, 2.24) is 0 Å². The SMILES string of the molecule is O=C(OC1C2CCC(C2)C12SCC(CO)(CO)CS2)C(F)(F)S(=O)(=O)O. The Labute approximate surface area is 158 Å². The molecule has 1 spiro atoms. The fourth-order valence-corrected chi connectivity index (χ4v) is 8.35. The van der Waals surface area contributed by atoms with E-state index < -0.39 is 36.9 Å². The van der Waals surface area contributed by atoms with Gasteiger partial charge in [0.2, 0.25) is 0 Å². The lowest BCUT2D eigenvalue weighted by Gasteiger charge is -2.49. The van der Waals surface area contributed by atoms with Crippen LogP contribution < -0.4 is 0 Å². The molecule has 3 rings (SSSR count). The second kappa shape index (κ2) is 6.73. The summed E-state index contributed by atoms with van der Waals surface area (Å²) >= 11 is 2.74. The van der Waals surface area contributed by atoms with E-state index in [1.54, 1.807) is 0 Å². The van der Waals surface area contributed by atoms with Gasteiger partial charge >= 0.3 is 21.3 Å². The monoisotopic (exact) mass is 434 g/mol. The first-order chi connectivity index (χ1) is 12.0. The Morgan fingerprint density at radius 2 is 1.77 bits per heavy atom. The minimum atomic E-state index is -5.91. The van der Waals surface area contributed by atoms with Gasteiger partial charge in [0.1, 0.15) is 10.2 Å². The molecule has 1 heterocycles. The molecule has 12 heteroatoms. The van der Waals surface area contributed by atoms with Crippen molar-refractivity contribution in [3.05, 3.63) is 0 Å². The Balaban J connectivity index is 1.82. The van der Waals surface area contributed by atoms with Crippen LogP contribution in [0, 0.1) is 17.3 Å². The number of alkyl halides is 2. The smallest absolute Gasteiger partial charge is 0.454 e. The molecule has 1 aliphatic heterocycles. The molecule has 3 fully saturated rings. The highest BCUT2D eigenvalue weighted by atomic mass is 32.2. The van der Waals surface area contributed by atoms with Crippen molar-refractivity contribution in [2.75, 3.05) is 24.7 Å². The van der Waals surface area contributed by atoms with Gasteiger partial charge in [-0.15, -0.1) is 23.5 Å². The third-order valence-corrected chi connectivity index (χ3v) is 10.6. The van der Waals surface area contributed by atoms with Crippen molar-refractivity contribution in [3.63, 3.8) is 0 Å². The van der Waals surface area contributed by atoms with Crippen LogP contribution in [-0.2, 0) is 19.6 Å². The first-order valence-electron chi connectivity index (χ1n) is 8.07.